The molecule has 0 radical (unpaired) electrons. The number of benzene rings is 2. The lowest BCUT2D eigenvalue weighted by atomic mass is 9.94. The van der Waals surface area contributed by atoms with Gasteiger partial charge in [-0.15, -0.1) is 0 Å². The molecule has 1 heterocycles. The van der Waals surface area contributed by atoms with E-state index >= 15 is 0 Å². The lowest BCUT2D eigenvalue weighted by Gasteiger charge is -2.31. The monoisotopic (exact) mass is 459 g/mol. The van der Waals surface area contributed by atoms with E-state index in [1.54, 1.807) is 24.3 Å². The van der Waals surface area contributed by atoms with Crippen LogP contribution in [0.25, 0.3) is 0 Å². The molecule has 0 saturated heterocycles. The summed E-state index contributed by atoms with van der Waals surface area (Å²) in [5, 5.41) is 5.87. The summed E-state index contributed by atoms with van der Waals surface area (Å²) in [6, 6.07) is 17.5. The molecule has 0 atom stereocenters. The van der Waals surface area contributed by atoms with E-state index in [2.05, 4.69) is 40.8 Å². The predicted molar refractivity (Wildman–Crippen MR) is 134 cm³/mol. The van der Waals surface area contributed by atoms with Crippen LogP contribution in [0.3, 0.4) is 0 Å². The highest BCUT2D eigenvalue weighted by atomic mass is 16.3. The Bertz CT molecular complexity index is 1120. The van der Waals surface area contributed by atoms with Gasteiger partial charge >= 0.3 is 0 Å². The number of hydrogen-bond donors (Lipinski definition) is 2. The fourth-order valence-corrected chi connectivity index (χ4v) is 4.57. The molecule has 1 fully saturated rings. The maximum Gasteiger partial charge on any atom is 0.291 e. The zero-order valence-electron chi connectivity index (χ0n) is 20.0. The van der Waals surface area contributed by atoms with E-state index in [1.807, 2.05) is 19.1 Å². The molecule has 0 aliphatic heterocycles. The van der Waals surface area contributed by atoms with Crippen LogP contribution in [-0.4, -0.2) is 29.8 Å². The first-order valence-electron chi connectivity index (χ1n) is 12.0. The van der Waals surface area contributed by atoms with Gasteiger partial charge in [0, 0.05) is 30.4 Å². The molecule has 1 aliphatic carbocycles. The second-order valence-corrected chi connectivity index (χ2v) is 9.12. The molecule has 1 saturated carbocycles. The highest BCUT2D eigenvalue weighted by Crippen LogP contribution is 2.24. The Morgan fingerprint density at radius 2 is 1.74 bits per heavy atom. The third-order valence-electron chi connectivity index (χ3n) is 6.67. The number of carbonyl (C=O) groups is 2. The van der Waals surface area contributed by atoms with Crippen LogP contribution >= 0.6 is 0 Å². The lowest BCUT2D eigenvalue weighted by Crippen LogP contribution is -2.33. The Balaban J connectivity index is 1.39. The van der Waals surface area contributed by atoms with Gasteiger partial charge in [-0.2, -0.15) is 0 Å². The number of anilines is 1. The molecule has 1 aliphatic rings. The van der Waals surface area contributed by atoms with E-state index in [-0.39, 0.29) is 17.6 Å². The van der Waals surface area contributed by atoms with Crippen LogP contribution < -0.4 is 10.6 Å². The standard InChI is InChI=1S/C28H33N3O3/c1-20-14-15-21(17-25(20)30-28(33)26-13-8-16-34-26)27(32)29-18-22-9-6-7-10-23(22)19-31(2)24-11-4-3-5-12-24/h6-10,13-17,24H,3-5,11-12,18-19H2,1-2H3,(H,29,32)(H,30,33). The molecule has 3 aromatic rings. The largest absolute Gasteiger partial charge is 0.459 e. The van der Waals surface area contributed by atoms with Crippen molar-refractivity contribution in [1.29, 1.82) is 0 Å². The zero-order valence-corrected chi connectivity index (χ0v) is 20.0. The molecule has 0 spiro atoms. The van der Waals surface area contributed by atoms with Crippen LogP contribution in [0.1, 0.15) is 69.7 Å². The predicted octanol–water partition coefficient (Wildman–Crippen LogP) is 5.53. The topological polar surface area (TPSA) is 74.6 Å². The number of hydrogen-bond acceptors (Lipinski definition) is 4. The van der Waals surface area contributed by atoms with Crippen LogP contribution in [0, 0.1) is 6.92 Å². The maximum absolute atomic E-state index is 12.9. The smallest absolute Gasteiger partial charge is 0.291 e. The van der Waals surface area contributed by atoms with Crippen molar-refractivity contribution in [2.75, 3.05) is 12.4 Å². The van der Waals surface area contributed by atoms with E-state index in [0.29, 0.717) is 23.8 Å². The molecule has 6 heteroatoms. The third kappa shape index (κ3) is 5.94. The minimum absolute atomic E-state index is 0.177. The normalized spacial score (nSPS) is 14.2. The van der Waals surface area contributed by atoms with E-state index < -0.39 is 0 Å². The summed E-state index contributed by atoms with van der Waals surface area (Å²) >= 11 is 0. The van der Waals surface area contributed by atoms with Crippen molar-refractivity contribution in [3.63, 3.8) is 0 Å². The first kappa shape index (κ1) is 23.8. The van der Waals surface area contributed by atoms with Crippen molar-refractivity contribution >= 4 is 17.5 Å². The first-order valence-corrected chi connectivity index (χ1v) is 12.0. The van der Waals surface area contributed by atoms with Gasteiger partial charge in [0.25, 0.3) is 11.8 Å². The summed E-state index contributed by atoms with van der Waals surface area (Å²) in [7, 11) is 2.20. The summed E-state index contributed by atoms with van der Waals surface area (Å²) in [6.45, 7) is 3.22. The molecule has 0 unspecified atom stereocenters. The SMILES string of the molecule is Cc1ccc(C(=O)NCc2ccccc2CN(C)C2CCCCC2)cc1NC(=O)c1ccco1. The molecule has 6 nitrogen and oxygen atoms in total. The molecule has 0 bridgehead atoms. The minimum Gasteiger partial charge on any atom is -0.459 e. The number of nitrogens with zero attached hydrogens (tertiary/aromatic N) is 1. The van der Waals surface area contributed by atoms with E-state index in [1.165, 1.54) is 43.9 Å². The highest BCUT2D eigenvalue weighted by Gasteiger charge is 2.19. The van der Waals surface area contributed by atoms with Crippen LogP contribution in [0.5, 0.6) is 0 Å². The molecule has 4 rings (SSSR count). The van der Waals surface area contributed by atoms with E-state index in [0.717, 1.165) is 17.7 Å². The van der Waals surface area contributed by atoms with E-state index in [4.69, 9.17) is 4.42 Å². The van der Waals surface area contributed by atoms with Gasteiger partial charge in [0.2, 0.25) is 0 Å². The molecule has 2 aromatic carbocycles. The summed E-state index contributed by atoms with van der Waals surface area (Å²) in [4.78, 5) is 27.7. The van der Waals surface area contributed by atoms with Gasteiger partial charge in [0.1, 0.15) is 0 Å². The van der Waals surface area contributed by atoms with Crippen molar-refractivity contribution < 1.29 is 14.0 Å². The molecule has 178 valence electrons. The number of furan rings is 1. The van der Waals surface area contributed by atoms with Crippen molar-refractivity contribution in [3.05, 3.63) is 88.9 Å². The van der Waals surface area contributed by atoms with Gasteiger partial charge in [-0.05, 0) is 67.8 Å². The van der Waals surface area contributed by atoms with Gasteiger partial charge in [0.05, 0.1) is 6.26 Å². The van der Waals surface area contributed by atoms with Crippen LogP contribution in [0.2, 0.25) is 0 Å². The summed E-state index contributed by atoms with van der Waals surface area (Å²) < 4.78 is 5.16. The Labute approximate surface area is 201 Å². The quantitative estimate of drug-likeness (QED) is 0.464. The first-order chi connectivity index (χ1) is 16.5. The Kier molecular flexibility index (Phi) is 7.80. The molecule has 1 aromatic heterocycles. The second-order valence-electron chi connectivity index (χ2n) is 9.12. The lowest BCUT2D eigenvalue weighted by molar-refractivity contribution is 0.0948. The average Bonchev–Trinajstić information content (AvgIpc) is 3.40. The van der Waals surface area contributed by atoms with Gasteiger partial charge in [0.15, 0.2) is 5.76 Å². The van der Waals surface area contributed by atoms with Crippen LogP contribution in [0.4, 0.5) is 5.69 Å². The molecule has 34 heavy (non-hydrogen) atoms. The summed E-state index contributed by atoms with van der Waals surface area (Å²) in [6.07, 6.45) is 7.96. The minimum atomic E-state index is -0.346. The Hall–Kier alpha value is -3.38. The van der Waals surface area contributed by atoms with Crippen LogP contribution in [-0.2, 0) is 13.1 Å². The van der Waals surface area contributed by atoms with Crippen molar-refractivity contribution in [2.45, 2.75) is 58.2 Å². The van der Waals surface area contributed by atoms with Gasteiger partial charge in [-0.1, -0.05) is 49.6 Å². The second kappa shape index (κ2) is 11.2. The average molecular weight is 460 g/mol. The third-order valence-corrected chi connectivity index (χ3v) is 6.67. The number of nitrogens with one attached hydrogen (secondary N) is 2. The highest BCUT2D eigenvalue weighted by molar-refractivity contribution is 6.03. The molecule has 2 amide bonds. The van der Waals surface area contributed by atoms with Gasteiger partial charge < -0.3 is 15.1 Å². The molecule has 2 N–H and O–H groups in total. The van der Waals surface area contributed by atoms with Crippen molar-refractivity contribution in [3.8, 4) is 0 Å². The number of rotatable bonds is 8. The number of aryl methyl sites for hydroxylation is 1. The zero-order chi connectivity index (χ0) is 23.9. The number of amides is 2. The summed E-state index contributed by atoms with van der Waals surface area (Å²) in [5.41, 5.74) is 4.32. The van der Waals surface area contributed by atoms with Crippen LogP contribution in [0.15, 0.2) is 65.3 Å². The fourth-order valence-electron chi connectivity index (χ4n) is 4.57. The van der Waals surface area contributed by atoms with Gasteiger partial charge in [-0.25, -0.2) is 0 Å². The van der Waals surface area contributed by atoms with Gasteiger partial charge in [-0.3, -0.25) is 14.5 Å². The summed E-state index contributed by atoms with van der Waals surface area (Å²) in [5.74, 6) is -0.297. The number of carbonyl (C=O) groups excluding carboxylic acids is 2. The fraction of sp³-hybridized carbons (Fsp3) is 0.357. The Morgan fingerprint density at radius 1 is 0.971 bits per heavy atom. The Morgan fingerprint density at radius 3 is 2.47 bits per heavy atom. The van der Waals surface area contributed by atoms with E-state index in [9.17, 15) is 9.59 Å². The van der Waals surface area contributed by atoms with Crippen molar-refractivity contribution in [2.24, 2.45) is 0 Å². The van der Waals surface area contributed by atoms with Crippen molar-refractivity contribution in [1.82, 2.24) is 10.2 Å². The molecular weight excluding hydrogens is 426 g/mol. The molecular formula is C28H33N3O3. The maximum atomic E-state index is 12.9.